The number of benzene rings is 3. The van der Waals surface area contributed by atoms with Gasteiger partial charge in [-0.3, -0.25) is 4.79 Å². The summed E-state index contributed by atoms with van der Waals surface area (Å²) in [5.74, 6) is 0.577. The van der Waals surface area contributed by atoms with Crippen molar-refractivity contribution in [3.63, 3.8) is 0 Å². The zero-order valence-corrected chi connectivity index (χ0v) is 29.5. The largest absolute Gasteiger partial charge is 0.462 e. The number of rotatable bonds is 22. The Morgan fingerprint density at radius 1 is 0.574 bits per heavy atom. The molecule has 0 aromatic heterocycles. The molecule has 1 aliphatic rings. The second-order valence-corrected chi connectivity index (χ2v) is 14.2. The lowest BCUT2D eigenvalue weighted by Crippen LogP contribution is -2.23. The maximum atomic E-state index is 12.5. The van der Waals surface area contributed by atoms with Gasteiger partial charge in [0.05, 0.1) is 0 Å². The molecular formula is C45H62O2. The van der Waals surface area contributed by atoms with Crippen LogP contribution < -0.4 is 0 Å². The topological polar surface area (TPSA) is 26.3 Å². The van der Waals surface area contributed by atoms with E-state index in [0.29, 0.717) is 12.3 Å². The molecule has 1 aliphatic carbocycles. The van der Waals surface area contributed by atoms with Gasteiger partial charge in [0, 0.05) is 6.42 Å². The number of hydrogen-bond donors (Lipinski definition) is 0. The van der Waals surface area contributed by atoms with E-state index < -0.39 is 0 Å². The Morgan fingerprint density at radius 2 is 0.957 bits per heavy atom. The van der Waals surface area contributed by atoms with Crippen molar-refractivity contribution >= 4 is 5.97 Å². The van der Waals surface area contributed by atoms with E-state index in [4.69, 9.17) is 4.74 Å². The molecule has 3 aromatic carbocycles. The van der Waals surface area contributed by atoms with Gasteiger partial charge in [-0.25, -0.2) is 0 Å². The Labute approximate surface area is 288 Å². The smallest absolute Gasteiger partial charge is 0.306 e. The Hall–Kier alpha value is -3.00. The highest BCUT2D eigenvalue weighted by atomic mass is 16.5. The van der Waals surface area contributed by atoms with Crippen LogP contribution in [0.4, 0.5) is 0 Å². The second-order valence-electron chi connectivity index (χ2n) is 14.2. The molecule has 254 valence electrons. The molecule has 0 bridgehead atoms. The Kier molecular flexibility index (Phi) is 17.1. The zero-order valence-electron chi connectivity index (χ0n) is 29.5. The third-order valence-electron chi connectivity index (χ3n) is 10.2. The normalized spacial score (nSPS) is 16.3. The molecular weight excluding hydrogens is 572 g/mol. The summed E-state index contributed by atoms with van der Waals surface area (Å²) < 4.78 is 5.89. The van der Waals surface area contributed by atoms with Crippen LogP contribution in [0.15, 0.2) is 72.8 Å². The maximum Gasteiger partial charge on any atom is 0.306 e. The van der Waals surface area contributed by atoms with Crippen molar-refractivity contribution in [1.29, 1.82) is 0 Å². The van der Waals surface area contributed by atoms with E-state index >= 15 is 0 Å². The van der Waals surface area contributed by atoms with E-state index in [1.54, 1.807) is 0 Å². The maximum absolute atomic E-state index is 12.5. The first kappa shape index (κ1) is 36.8. The summed E-state index contributed by atoms with van der Waals surface area (Å²) in [6.45, 7) is 5.92. The van der Waals surface area contributed by atoms with E-state index in [1.807, 2.05) is 6.42 Å². The van der Waals surface area contributed by atoms with Crippen LogP contribution in [0.3, 0.4) is 0 Å². The summed E-state index contributed by atoms with van der Waals surface area (Å²) in [4.78, 5) is 12.5. The first-order valence-corrected chi connectivity index (χ1v) is 19.2. The molecule has 4 rings (SSSR count). The van der Waals surface area contributed by atoms with Crippen LogP contribution in [-0.2, 0) is 9.53 Å². The lowest BCUT2D eigenvalue weighted by atomic mass is 9.82. The molecule has 0 saturated heterocycles. The molecule has 0 heterocycles. The first-order valence-electron chi connectivity index (χ1n) is 19.2. The predicted octanol–water partition coefficient (Wildman–Crippen LogP) is 13.6. The van der Waals surface area contributed by atoms with Gasteiger partial charge < -0.3 is 4.74 Å². The van der Waals surface area contributed by atoms with Gasteiger partial charge in [-0.2, -0.15) is 0 Å². The lowest BCUT2D eigenvalue weighted by Gasteiger charge is -2.28. The molecule has 0 unspecified atom stereocenters. The Balaban J connectivity index is 0.997. The Morgan fingerprint density at radius 3 is 1.40 bits per heavy atom. The van der Waals surface area contributed by atoms with Crippen LogP contribution in [0.5, 0.6) is 0 Å². The molecule has 0 amide bonds. The van der Waals surface area contributed by atoms with Gasteiger partial charge in [-0.1, -0.05) is 175 Å². The minimum Gasteiger partial charge on any atom is -0.462 e. The summed E-state index contributed by atoms with van der Waals surface area (Å²) in [5.41, 5.74) is 7.72. The van der Waals surface area contributed by atoms with E-state index in [1.165, 1.54) is 123 Å². The molecule has 0 N–H and O–H groups in total. The van der Waals surface area contributed by atoms with Crippen LogP contribution in [0.1, 0.15) is 152 Å². The fourth-order valence-corrected chi connectivity index (χ4v) is 7.16. The van der Waals surface area contributed by atoms with Gasteiger partial charge in [0.1, 0.15) is 6.10 Å². The third kappa shape index (κ3) is 13.9. The highest BCUT2D eigenvalue weighted by Crippen LogP contribution is 2.35. The summed E-state index contributed by atoms with van der Waals surface area (Å²) in [5, 5.41) is 0. The monoisotopic (exact) mass is 634 g/mol. The third-order valence-corrected chi connectivity index (χ3v) is 10.2. The average molecular weight is 635 g/mol. The number of ether oxygens (including phenoxy) is 1. The predicted molar refractivity (Wildman–Crippen MR) is 201 cm³/mol. The lowest BCUT2D eigenvalue weighted by molar-refractivity contribution is -0.150. The van der Waals surface area contributed by atoms with Crippen LogP contribution in [0, 0.1) is 20.3 Å². The standard InChI is InChI=1S/C45H62O2/c1-3-4-5-6-7-8-9-10-11-12-13-14-15-16-17-18-19-20-45(46)47-44-35-33-43(34-36-44)42-31-29-41(30-32-42)40-27-25-39(26-28-40)38-23-21-37(2)22-24-38/h3,21-32,43-44H,1,4-20,33-36H2,2H3. The van der Waals surface area contributed by atoms with Crippen molar-refractivity contribution in [2.24, 2.45) is 0 Å². The van der Waals surface area contributed by atoms with E-state index in [2.05, 4.69) is 86.6 Å². The average Bonchev–Trinajstić information content (AvgIpc) is 3.10. The highest BCUT2D eigenvalue weighted by Gasteiger charge is 2.24. The van der Waals surface area contributed by atoms with Crippen LogP contribution >= 0.6 is 0 Å². The minimum absolute atomic E-state index is 0.0166. The number of esters is 1. The first-order chi connectivity index (χ1) is 23.1. The summed E-state index contributed by atoms with van der Waals surface area (Å²) in [6.07, 6.45) is 28.0. The molecule has 1 fully saturated rings. The number of aryl methyl sites for hydroxylation is 1. The number of hydrogen-bond acceptors (Lipinski definition) is 2. The molecule has 47 heavy (non-hydrogen) atoms. The van der Waals surface area contributed by atoms with Crippen molar-refractivity contribution in [3.8, 4) is 22.3 Å². The SMILES string of the molecule is [CH2+][CH-]CCCCCCCCCCCCCCCCCC(=O)OC1CCC(c2ccc(-c3ccc(-c4ccc(C)cc4)cc3)cc2)CC1. The quantitative estimate of drug-likeness (QED) is 0.0624. The van der Waals surface area contributed by atoms with E-state index in [-0.39, 0.29) is 12.1 Å². The Bertz CT molecular complexity index is 1230. The van der Waals surface area contributed by atoms with Gasteiger partial charge in [0.2, 0.25) is 0 Å². The van der Waals surface area contributed by atoms with E-state index in [0.717, 1.165) is 38.5 Å². The van der Waals surface area contributed by atoms with Crippen molar-refractivity contribution in [2.45, 2.75) is 154 Å². The molecule has 3 aromatic rings. The molecule has 0 atom stereocenters. The molecule has 0 spiro atoms. The van der Waals surface area contributed by atoms with Gasteiger partial charge in [0.25, 0.3) is 0 Å². The fraction of sp³-hybridized carbons (Fsp3) is 0.533. The van der Waals surface area contributed by atoms with Gasteiger partial charge in [0.15, 0.2) is 0 Å². The van der Waals surface area contributed by atoms with Gasteiger partial charge >= 0.3 is 5.97 Å². The summed E-state index contributed by atoms with van der Waals surface area (Å²) in [6, 6.07) is 26.7. The number of carbonyl (C=O) groups is 1. The fourth-order valence-electron chi connectivity index (χ4n) is 7.16. The molecule has 0 radical (unpaired) electrons. The summed E-state index contributed by atoms with van der Waals surface area (Å²) >= 11 is 0. The zero-order chi connectivity index (χ0) is 32.9. The minimum atomic E-state index is 0.0166. The van der Waals surface area contributed by atoms with E-state index in [9.17, 15) is 4.79 Å². The second kappa shape index (κ2) is 21.8. The molecule has 1 saturated carbocycles. The highest BCUT2D eigenvalue weighted by molar-refractivity contribution is 5.71. The van der Waals surface area contributed by atoms with Crippen molar-refractivity contribution < 1.29 is 9.53 Å². The van der Waals surface area contributed by atoms with Gasteiger partial charge in [-0.05, 0) is 72.8 Å². The number of carbonyl (C=O) groups excluding carboxylic acids is 1. The molecule has 2 nitrogen and oxygen atoms in total. The van der Waals surface area contributed by atoms with Gasteiger partial charge in [-0.15, -0.1) is 12.8 Å². The van der Waals surface area contributed by atoms with Crippen molar-refractivity contribution in [2.75, 3.05) is 0 Å². The van der Waals surface area contributed by atoms with Crippen LogP contribution in [0.2, 0.25) is 0 Å². The molecule has 2 heteroatoms. The molecule has 0 aliphatic heterocycles. The van der Waals surface area contributed by atoms with Crippen LogP contribution in [-0.4, -0.2) is 12.1 Å². The number of unbranched alkanes of at least 4 members (excludes halogenated alkanes) is 16. The van der Waals surface area contributed by atoms with Crippen molar-refractivity contribution in [3.05, 3.63) is 97.3 Å². The van der Waals surface area contributed by atoms with Crippen molar-refractivity contribution in [1.82, 2.24) is 0 Å². The van der Waals surface area contributed by atoms with Crippen LogP contribution in [0.25, 0.3) is 22.3 Å². The summed E-state index contributed by atoms with van der Waals surface area (Å²) in [7, 11) is 0.